The minimum absolute atomic E-state index is 0.0280. The second-order valence-corrected chi connectivity index (χ2v) is 14.2. The van der Waals surface area contributed by atoms with E-state index in [9.17, 15) is 53.0 Å². The summed E-state index contributed by atoms with van der Waals surface area (Å²) in [5.41, 5.74) is 12.2. The van der Waals surface area contributed by atoms with E-state index >= 15 is 0 Å². The molecule has 57 heavy (non-hydrogen) atoms. The summed E-state index contributed by atoms with van der Waals surface area (Å²) in [6.07, 6.45) is -1.17. The molecule has 0 saturated carbocycles. The Balaban J connectivity index is 2.29. The molecule has 19 heteroatoms. The summed E-state index contributed by atoms with van der Waals surface area (Å²) in [6.45, 7) is 7.35. The minimum Gasteiger partial charge on any atom is -0.508 e. The third-order valence-electron chi connectivity index (χ3n) is 8.68. The Bertz CT molecular complexity index is 1740. The molecule has 0 radical (unpaired) electrons. The van der Waals surface area contributed by atoms with Crippen LogP contribution >= 0.6 is 0 Å². The van der Waals surface area contributed by atoms with E-state index in [1.807, 2.05) is 0 Å². The van der Waals surface area contributed by atoms with Crippen LogP contribution in [0, 0.1) is 17.7 Å². The van der Waals surface area contributed by atoms with Crippen LogP contribution < -0.4 is 43.4 Å². The molecule has 6 atom stereocenters. The Morgan fingerprint density at radius 1 is 0.632 bits per heavy atom. The monoisotopic (exact) mass is 800 g/mol. The van der Waals surface area contributed by atoms with Gasteiger partial charge in [-0.15, -0.1) is 0 Å². The molecule has 312 valence electrons. The van der Waals surface area contributed by atoms with E-state index in [0.29, 0.717) is 11.1 Å². The van der Waals surface area contributed by atoms with Gasteiger partial charge in [-0.25, -0.2) is 4.39 Å². The molecular formula is C38H53FN8O10. The fourth-order valence-electron chi connectivity index (χ4n) is 5.39. The highest BCUT2D eigenvalue weighted by Gasteiger charge is 2.34. The zero-order chi connectivity index (χ0) is 43.0. The average Bonchev–Trinajstić information content (AvgIpc) is 3.14. The number of carboxylic acids is 1. The number of carbonyl (C=O) groups excluding carboxylic acids is 7. The van der Waals surface area contributed by atoms with Crippen LogP contribution in [-0.2, 0) is 51.2 Å². The van der Waals surface area contributed by atoms with Crippen molar-refractivity contribution < 1.29 is 53.0 Å². The highest BCUT2D eigenvalue weighted by molar-refractivity contribution is 5.97. The van der Waals surface area contributed by atoms with Crippen LogP contribution in [-0.4, -0.2) is 100 Å². The third-order valence-corrected chi connectivity index (χ3v) is 8.68. The van der Waals surface area contributed by atoms with Crippen molar-refractivity contribution in [1.82, 2.24) is 31.9 Å². The maximum atomic E-state index is 13.8. The van der Waals surface area contributed by atoms with Crippen molar-refractivity contribution in [1.29, 1.82) is 0 Å². The molecule has 0 fully saturated rings. The fraction of sp³-hybridized carbons (Fsp3) is 0.474. The Hall–Kier alpha value is -6.11. The van der Waals surface area contributed by atoms with Crippen LogP contribution in [0.25, 0.3) is 0 Å². The largest absolute Gasteiger partial charge is 0.508 e. The van der Waals surface area contributed by atoms with Crippen molar-refractivity contribution in [3.05, 3.63) is 65.5 Å². The van der Waals surface area contributed by atoms with Crippen LogP contribution in [0.2, 0.25) is 0 Å². The maximum Gasteiger partial charge on any atom is 0.303 e. The minimum atomic E-state index is -1.55. The zero-order valence-corrected chi connectivity index (χ0v) is 32.5. The number of amides is 7. The van der Waals surface area contributed by atoms with Crippen LogP contribution in [0.4, 0.5) is 4.39 Å². The van der Waals surface area contributed by atoms with Crippen LogP contribution in [0.15, 0.2) is 48.5 Å². The lowest BCUT2D eigenvalue weighted by Gasteiger charge is -2.29. The number of aromatic hydroxyl groups is 1. The number of hydrogen-bond donors (Lipinski definition) is 10. The predicted octanol–water partition coefficient (Wildman–Crippen LogP) is -1.13. The third kappa shape index (κ3) is 16.3. The number of carbonyl (C=O) groups is 8. The molecular weight excluding hydrogens is 747 g/mol. The number of hydrogen-bond acceptors (Lipinski definition) is 10. The van der Waals surface area contributed by atoms with E-state index in [1.165, 1.54) is 31.2 Å². The van der Waals surface area contributed by atoms with Gasteiger partial charge in [-0.05, 0) is 67.0 Å². The lowest BCUT2D eigenvalue weighted by molar-refractivity contribution is -0.139. The van der Waals surface area contributed by atoms with Gasteiger partial charge >= 0.3 is 5.97 Å². The summed E-state index contributed by atoms with van der Waals surface area (Å²) in [5.74, 6) is -8.58. The van der Waals surface area contributed by atoms with E-state index in [1.54, 1.807) is 39.8 Å². The second kappa shape index (κ2) is 22.4. The normalized spacial score (nSPS) is 14.2. The Labute approximate surface area is 329 Å². The SMILES string of the molecule is CC(C)[C@H](NC(=O)[C@H](CCC(=O)O)NC(=O)[C@H](Cc1ccc(F)cc1)NC(=O)[C@@H](C)NC(=O)[C@@H](N)Cc1ccc(O)cc1)C(=O)N[C@H](C(=O)NCC(N)=O)C(C)C. The Kier molecular flexibility index (Phi) is 18.5. The first-order valence-electron chi connectivity index (χ1n) is 18.3. The Morgan fingerprint density at radius 3 is 1.67 bits per heavy atom. The first kappa shape index (κ1) is 47.0. The van der Waals surface area contributed by atoms with E-state index in [4.69, 9.17) is 11.5 Å². The Morgan fingerprint density at radius 2 is 1.12 bits per heavy atom. The first-order valence-corrected chi connectivity index (χ1v) is 18.3. The van der Waals surface area contributed by atoms with Crippen molar-refractivity contribution in [2.24, 2.45) is 23.3 Å². The van der Waals surface area contributed by atoms with E-state index in [0.717, 1.165) is 12.1 Å². The van der Waals surface area contributed by atoms with Crippen molar-refractivity contribution in [3.8, 4) is 5.75 Å². The van der Waals surface area contributed by atoms with Crippen LogP contribution in [0.5, 0.6) is 5.75 Å². The lowest BCUT2D eigenvalue weighted by atomic mass is 9.99. The number of phenols is 1. The molecule has 12 N–H and O–H groups in total. The molecule has 7 amide bonds. The van der Waals surface area contributed by atoms with Gasteiger partial charge in [-0.3, -0.25) is 38.4 Å². The first-order chi connectivity index (χ1) is 26.7. The standard InChI is InChI=1S/C38H53FN8O10/c1-19(2)31(37(56)42-18-29(41)49)47-38(57)32(20(3)4)46-35(54)27(14-15-30(50)51)44-36(55)28(17-23-6-10-24(39)11-7-23)45-33(52)21(5)43-34(53)26(40)16-22-8-12-25(48)13-9-22/h6-13,19-21,26-28,31-32,48H,14-18,40H2,1-5H3,(H2,41,49)(H,42,56)(H,43,53)(H,44,55)(H,45,52)(H,46,54)(H,47,57)(H,50,51)/t21-,26+,27+,28+,31+,32+/m1/s1. The number of benzene rings is 2. The molecule has 0 aliphatic heterocycles. The quantitative estimate of drug-likeness (QED) is 0.0679. The molecule has 0 aliphatic rings. The number of nitrogens with two attached hydrogens (primary N) is 2. The molecule has 2 aromatic rings. The van der Waals surface area contributed by atoms with Crippen molar-refractivity contribution >= 4 is 47.3 Å². The van der Waals surface area contributed by atoms with Gasteiger partial charge < -0.3 is 53.6 Å². The van der Waals surface area contributed by atoms with Gasteiger partial charge in [0.1, 0.15) is 41.8 Å². The van der Waals surface area contributed by atoms with Gasteiger partial charge in [-0.2, -0.15) is 0 Å². The van der Waals surface area contributed by atoms with Crippen LogP contribution in [0.3, 0.4) is 0 Å². The van der Waals surface area contributed by atoms with Gasteiger partial charge in [0, 0.05) is 12.8 Å². The maximum absolute atomic E-state index is 13.8. The number of phenolic OH excluding ortho intramolecular Hbond substituents is 1. The van der Waals surface area contributed by atoms with Crippen LogP contribution in [0.1, 0.15) is 58.6 Å². The lowest BCUT2D eigenvalue weighted by Crippen LogP contribution is -2.61. The summed E-state index contributed by atoms with van der Waals surface area (Å²) in [5, 5.41) is 33.8. The topological polar surface area (TPSA) is 301 Å². The molecule has 2 rings (SSSR count). The number of nitrogens with one attached hydrogen (secondary N) is 6. The van der Waals surface area contributed by atoms with E-state index in [-0.39, 0.29) is 18.6 Å². The van der Waals surface area contributed by atoms with Gasteiger partial charge in [0.05, 0.1) is 12.6 Å². The summed E-state index contributed by atoms with van der Waals surface area (Å²) < 4.78 is 13.7. The van der Waals surface area contributed by atoms with Crippen molar-refractivity contribution in [3.63, 3.8) is 0 Å². The number of halogens is 1. The molecule has 0 bridgehead atoms. The number of aliphatic carboxylic acids is 1. The molecule has 18 nitrogen and oxygen atoms in total. The zero-order valence-electron chi connectivity index (χ0n) is 32.5. The fourth-order valence-corrected chi connectivity index (χ4v) is 5.39. The molecule has 0 saturated heterocycles. The number of rotatable bonds is 22. The molecule has 0 aliphatic carbocycles. The van der Waals surface area contributed by atoms with Gasteiger partial charge in [-0.1, -0.05) is 52.0 Å². The summed E-state index contributed by atoms with van der Waals surface area (Å²) in [4.78, 5) is 103. The smallest absolute Gasteiger partial charge is 0.303 e. The molecule has 0 aromatic heterocycles. The van der Waals surface area contributed by atoms with Gasteiger partial charge in [0.15, 0.2) is 0 Å². The number of primary amides is 1. The van der Waals surface area contributed by atoms with Gasteiger partial charge in [0.25, 0.3) is 0 Å². The van der Waals surface area contributed by atoms with E-state index < -0.39 is 121 Å². The molecule has 0 heterocycles. The molecule has 0 unspecified atom stereocenters. The highest BCUT2D eigenvalue weighted by atomic mass is 19.1. The average molecular weight is 801 g/mol. The molecule has 2 aromatic carbocycles. The van der Waals surface area contributed by atoms with Gasteiger partial charge in [0.2, 0.25) is 41.4 Å². The highest BCUT2D eigenvalue weighted by Crippen LogP contribution is 2.13. The second-order valence-electron chi connectivity index (χ2n) is 14.2. The van der Waals surface area contributed by atoms with Crippen molar-refractivity contribution in [2.75, 3.05) is 6.54 Å². The summed E-state index contributed by atoms with van der Waals surface area (Å²) >= 11 is 0. The predicted molar refractivity (Wildman–Crippen MR) is 204 cm³/mol. The summed E-state index contributed by atoms with van der Waals surface area (Å²) in [7, 11) is 0. The molecule has 0 spiro atoms. The number of carboxylic acid groups (broad SMARTS) is 1. The summed E-state index contributed by atoms with van der Waals surface area (Å²) in [6, 6.07) is 3.32. The van der Waals surface area contributed by atoms with Crippen molar-refractivity contribution in [2.45, 2.75) is 96.6 Å². The van der Waals surface area contributed by atoms with E-state index in [2.05, 4.69) is 31.9 Å².